The fourth-order valence-electron chi connectivity index (χ4n) is 1.67. The van der Waals surface area contributed by atoms with Crippen molar-refractivity contribution in [2.75, 3.05) is 0 Å². The van der Waals surface area contributed by atoms with Crippen LogP contribution in [-0.2, 0) is 0 Å². The van der Waals surface area contributed by atoms with Gasteiger partial charge in [-0.2, -0.15) is 0 Å². The number of aliphatic hydroxyl groups excluding tert-OH is 1. The second kappa shape index (κ2) is 7.41. The van der Waals surface area contributed by atoms with Crippen molar-refractivity contribution >= 4 is 35.6 Å². The van der Waals surface area contributed by atoms with Gasteiger partial charge in [0, 0.05) is 10.6 Å². The first-order valence-electron chi connectivity index (χ1n) is 5.50. The molecular weight excluding hydrogens is 296 g/mol. The van der Waals surface area contributed by atoms with Gasteiger partial charge in [-0.25, -0.2) is 0 Å². The van der Waals surface area contributed by atoms with Crippen LogP contribution < -0.4 is 5.73 Å². The smallest absolute Gasteiger partial charge is 0.123 e. The molecule has 1 rings (SSSR count). The number of hydrogen-bond donors (Lipinski definition) is 3. The van der Waals surface area contributed by atoms with E-state index in [1.807, 2.05) is 13.8 Å². The molecule has 0 spiro atoms. The van der Waals surface area contributed by atoms with Crippen LogP contribution in [0.2, 0.25) is 10.0 Å². The maximum Gasteiger partial charge on any atom is 0.123 e. The largest absolute Gasteiger partial charge is 0.507 e. The molecule has 6 heteroatoms. The second-order valence-electron chi connectivity index (χ2n) is 4.22. The quantitative estimate of drug-likeness (QED) is 0.796. The Morgan fingerprint density at radius 1 is 1.33 bits per heavy atom. The van der Waals surface area contributed by atoms with Gasteiger partial charge in [0.15, 0.2) is 0 Å². The Hall–Kier alpha value is -0.190. The maximum absolute atomic E-state index is 10.0. The topological polar surface area (TPSA) is 66.5 Å². The molecule has 0 saturated carbocycles. The van der Waals surface area contributed by atoms with Crippen molar-refractivity contribution in [2.24, 2.45) is 11.7 Å². The predicted molar refractivity (Wildman–Crippen MR) is 77.8 cm³/mol. The van der Waals surface area contributed by atoms with Crippen LogP contribution in [-0.4, -0.2) is 16.3 Å². The SMILES string of the molecule is CCC(C)[C@@H](O)[C@@H](N)c1c(O)cc(Cl)cc1Cl.Cl. The van der Waals surface area contributed by atoms with Crippen molar-refractivity contribution in [3.05, 3.63) is 27.7 Å². The van der Waals surface area contributed by atoms with E-state index in [0.717, 1.165) is 6.42 Å². The van der Waals surface area contributed by atoms with Crippen LogP contribution in [0.3, 0.4) is 0 Å². The minimum Gasteiger partial charge on any atom is -0.507 e. The highest BCUT2D eigenvalue weighted by atomic mass is 35.5. The number of hydrogen-bond acceptors (Lipinski definition) is 3. The molecule has 3 nitrogen and oxygen atoms in total. The highest BCUT2D eigenvalue weighted by Crippen LogP contribution is 2.36. The van der Waals surface area contributed by atoms with Crippen molar-refractivity contribution in [2.45, 2.75) is 32.4 Å². The fraction of sp³-hybridized carbons (Fsp3) is 0.500. The number of rotatable bonds is 4. The molecule has 0 amide bonds. The minimum atomic E-state index is -0.760. The van der Waals surface area contributed by atoms with Gasteiger partial charge in [-0.1, -0.05) is 43.5 Å². The summed E-state index contributed by atoms with van der Waals surface area (Å²) < 4.78 is 0. The number of halogens is 3. The monoisotopic (exact) mass is 313 g/mol. The summed E-state index contributed by atoms with van der Waals surface area (Å²) in [6, 6.07) is 2.14. The van der Waals surface area contributed by atoms with Crippen LogP contribution in [0, 0.1) is 5.92 Å². The average molecular weight is 315 g/mol. The lowest BCUT2D eigenvalue weighted by molar-refractivity contribution is 0.0871. The van der Waals surface area contributed by atoms with Gasteiger partial charge < -0.3 is 15.9 Å². The lowest BCUT2D eigenvalue weighted by Gasteiger charge is -2.25. The van der Waals surface area contributed by atoms with E-state index in [2.05, 4.69) is 0 Å². The standard InChI is InChI=1S/C12H17Cl2NO2.ClH/c1-3-6(2)12(17)11(15)10-8(14)4-7(13)5-9(10)16;/h4-6,11-12,16-17H,3,15H2,1-2H3;1H/t6?,11-,12+;/m0./s1. The van der Waals surface area contributed by atoms with E-state index in [4.69, 9.17) is 28.9 Å². The molecular formula is C12H18Cl3NO2. The van der Waals surface area contributed by atoms with E-state index >= 15 is 0 Å². The summed E-state index contributed by atoms with van der Waals surface area (Å²) in [5, 5.41) is 20.4. The molecule has 0 fully saturated rings. The first kappa shape index (κ1) is 17.8. The molecule has 1 aromatic carbocycles. The summed E-state index contributed by atoms with van der Waals surface area (Å²) in [6.45, 7) is 3.86. The van der Waals surface area contributed by atoms with Gasteiger partial charge >= 0.3 is 0 Å². The molecule has 0 heterocycles. The summed E-state index contributed by atoms with van der Waals surface area (Å²) in [5.74, 6) is -0.0616. The maximum atomic E-state index is 10.0. The molecule has 0 aliphatic rings. The summed E-state index contributed by atoms with van der Waals surface area (Å²) in [4.78, 5) is 0. The van der Waals surface area contributed by atoms with Crippen LogP contribution >= 0.6 is 35.6 Å². The summed E-state index contributed by atoms with van der Waals surface area (Å²) in [5.41, 5.74) is 6.27. The second-order valence-corrected chi connectivity index (χ2v) is 5.07. The minimum absolute atomic E-state index is 0. The number of nitrogens with two attached hydrogens (primary N) is 1. The van der Waals surface area contributed by atoms with E-state index in [1.165, 1.54) is 12.1 Å². The first-order chi connectivity index (χ1) is 7.88. The Labute approximate surface area is 123 Å². The van der Waals surface area contributed by atoms with Gasteiger partial charge in [0.25, 0.3) is 0 Å². The number of aliphatic hydroxyl groups is 1. The van der Waals surface area contributed by atoms with Gasteiger partial charge in [0.2, 0.25) is 0 Å². The van der Waals surface area contributed by atoms with E-state index < -0.39 is 12.1 Å². The van der Waals surface area contributed by atoms with Crippen LogP contribution in [0.1, 0.15) is 31.9 Å². The highest BCUT2D eigenvalue weighted by molar-refractivity contribution is 6.35. The summed E-state index contributed by atoms with van der Waals surface area (Å²) in [6.07, 6.45) is 0.0328. The van der Waals surface area contributed by atoms with Gasteiger partial charge in [0.05, 0.1) is 17.2 Å². The Kier molecular flexibility index (Phi) is 7.33. The lowest BCUT2D eigenvalue weighted by atomic mass is 9.91. The molecule has 3 atom stereocenters. The molecule has 0 aliphatic heterocycles. The molecule has 0 radical (unpaired) electrons. The Morgan fingerprint density at radius 2 is 1.89 bits per heavy atom. The Bertz CT molecular complexity index is 378. The van der Waals surface area contributed by atoms with Crippen molar-refractivity contribution < 1.29 is 10.2 Å². The molecule has 0 aromatic heterocycles. The predicted octanol–water partition coefficient (Wildman–Crippen LogP) is 3.53. The lowest BCUT2D eigenvalue weighted by Crippen LogP contribution is -2.31. The zero-order chi connectivity index (χ0) is 13.2. The zero-order valence-corrected chi connectivity index (χ0v) is 12.6. The zero-order valence-electron chi connectivity index (χ0n) is 10.2. The third kappa shape index (κ3) is 3.90. The molecule has 1 aromatic rings. The summed E-state index contributed by atoms with van der Waals surface area (Å²) in [7, 11) is 0. The van der Waals surface area contributed by atoms with Crippen LogP contribution in [0.15, 0.2) is 12.1 Å². The molecule has 1 unspecified atom stereocenters. The number of phenols is 1. The third-order valence-corrected chi connectivity index (χ3v) is 3.53. The Morgan fingerprint density at radius 3 is 2.33 bits per heavy atom. The van der Waals surface area contributed by atoms with Crippen LogP contribution in [0.5, 0.6) is 5.75 Å². The van der Waals surface area contributed by atoms with Crippen LogP contribution in [0.4, 0.5) is 0 Å². The molecule has 104 valence electrons. The molecule has 0 aliphatic carbocycles. The van der Waals surface area contributed by atoms with Crippen molar-refractivity contribution in [3.63, 3.8) is 0 Å². The number of aromatic hydroxyl groups is 1. The van der Waals surface area contributed by atoms with Crippen molar-refractivity contribution in [3.8, 4) is 5.75 Å². The van der Waals surface area contributed by atoms with E-state index in [-0.39, 0.29) is 29.1 Å². The normalized spacial score (nSPS) is 15.7. The third-order valence-electron chi connectivity index (χ3n) is 3.00. The van der Waals surface area contributed by atoms with Crippen LogP contribution in [0.25, 0.3) is 0 Å². The van der Waals surface area contributed by atoms with E-state index in [1.54, 1.807) is 0 Å². The van der Waals surface area contributed by atoms with E-state index in [9.17, 15) is 10.2 Å². The van der Waals surface area contributed by atoms with E-state index in [0.29, 0.717) is 10.6 Å². The average Bonchev–Trinajstić information content (AvgIpc) is 2.25. The highest BCUT2D eigenvalue weighted by Gasteiger charge is 2.26. The molecule has 18 heavy (non-hydrogen) atoms. The number of benzene rings is 1. The molecule has 0 bridgehead atoms. The summed E-state index contributed by atoms with van der Waals surface area (Å²) >= 11 is 11.7. The van der Waals surface area contributed by atoms with Gasteiger partial charge in [-0.3, -0.25) is 0 Å². The number of phenolic OH excluding ortho intramolecular Hbond substituents is 1. The van der Waals surface area contributed by atoms with Crippen molar-refractivity contribution in [1.29, 1.82) is 0 Å². The molecule has 4 N–H and O–H groups in total. The van der Waals surface area contributed by atoms with Crippen molar-refractivity contribution in [1.82, 2.24) is 0 Å². The van der Waals surface area contributed by atoms with Gasteiger partial charge in [-0.05, 0) is 18.1 Å². The Balaban J connectivity index is 0.00000289. The fourth-order valence-corrected chi connectivity index (χ4v) is 2.28. The first-order valence-corrected chi connectivity index (χ1v) is 6.25. The van der Waals surface area contributed by atoms with Gasteiger partial charge in [-0.15, -0.1) is 12.4 Å². The molecule has 0 saturated heterocycles. The van der Waals surface area contributed by atoms with Gasteiger partial charge in [0.1, 0.15) is 5.75 Å².